The van der Waals surface area contributed by atoms with Crippen LogP contribution in [0.15, 0.2) is 11.6 Å². The zero-order chi connectivity index (χ0) is 9.14. The Morgan fingerprint density at radius 2 is 1.92 bits per heavy atom. The van der Waals surface area contributed by atoms with Crippen molar-refractivity contribution in [1.29, 1.82) is 0 Å². The molecule has 0 aromatic carbocycles. The maximum atomic E-state index is 2.46. The molecular weight excluding hydrogens is 144 g/mol. The van der Waals surface area contributed by atoms with Crippen molar-refractivity contribution in [2.24, 2.45) is 17.8 Å². The van der Waals surface area contributed by atoms with Crippen LogP contribution in [0.25, 0.3) is 0 Å². The van der Waals surface area contributed by atoms with E-state index in [1.165, 1.54) is 19.3 Å². The standard InChI is InChI=1S/C12H22/c1-9(2)11-6-5-7-12(8-11)10(3)4/h6,9-10,12H,5,7-8H2,1-4H3. The van der Waals surface area contributed by atoms with Crippen molar-refractivity contribution >= 4 is 0 Å². The molecule has 0 radical (unpaired) electrons. The molecule has 1 unspecified atom stereocenters. The van der Waals surface area contributed by atoms with E-state index in [0.717, 1.165) is 17.8 Å². The Balaban J connectivity index is 2.53. The van der Waals surface area contributed by atoms with Gasteiger partial charge in [0, 0.05) is 0 Å². The van der Waals surface area contributed by atoms with Crippen LogP contribution in [0, 0.1) is 17.8 Å². The predicted molar refractivity (Wildman–Crippen MR) is 55.1 cm³/mol. The third-order valence-corrected chi connectivity index (χ3v) is 3.13. The second kappa shape index (κ2) is 4.11. The molecule has 1 aliphatic rings. The Bertz CT molecular complexity index is 163. The molecule has 1 rings (SSSR count). The highest BCUT2D eigenvalue weighted by Gasteiger charge is 2.19. The van der Waals surface area contributed by atoms with Crippen LogP contribution in [-0.4, -0.2) is 0 Å². The molecule has 0 saturated heterocycles. The summed E-state index contributed by atoms with van der Waals surface area (Å²) in [5.41, 5.74) is 1.69. The molecule has 0 aromatic heterocycles. The summed E-state index contributed by atoms with van der Waals surface area (Å²) in [4.78, 5) is 0. The Hall–Kier alpha value is -0.260. The van der Waals surface area contributed by atoms with Gasteiger partial charge in [-0.15, -0.1) is 0 Å². The normalized spacial score (nSPS) is 24.8. The summed E-state index contributed by atoms with van der Waals surface area (Å²) in [6.07, 6.45) is 6.54. The van der Waals surface area contributed by atoms with E-state index in [4.69, 9.17) is 0 Å². The topological polar surface area (TPSA) is 0 Å². The first-order chi connectivity index (χ1) is 5.61. The molecule has 0 fully saturated rings. The van der Waals surface area contributed by atoms with Gasteiger partial charge < -0.3 is 0 Å². The van der Waals surface area contributed by atoms with E-state index in [1.807, 2.05) is 0 Å². The molecule has 0 heterocycles. The van der Waals surface area contributed by atoms with E-state index < -0.39 is 0 Å². The quantitative estimate of drug-likeness (QED) is 0.543. The molecular formula is C12H22. The van der Waals surface area contributed by atoms with Gasteiger partial charge in [0.05, 0.1) is 0 Å². The molecule has 0 nitrogen and oxygen atoms in total. The van der Waals surface area contributed by atoms with Crippen LogP contribution in [0.3, 0.4) is 0 Å². The van der Waals surface area contributed by atoms with E-state index in [0.29, 0.717) is 0 Å². The molecule has 1 atom stereocenters. The first kappa shape index (κ1) is 9.83. The minimum Gasteiger partial charge on any atom is -0.0851 e. The third kappa shape index (κ3) is 2.36. The number of rotatable bonds is 2. The SMILES string of the molecule is CC(C)C1=CCCC(C(C)C)C1. The summed E-state index contributed by atoms with van der Waals surface area (Å²) in [5.74, 6) is 2.59. The lowest BCUT2D eigenvalue weighted by Gasteiger charge is -2.27. The lowest BCUT2D eigenvalue weighted by atomic mass is 9.78. The molecule has 0 heteroatoms. The van der Waals surface area contributed by atoms with Crippen LogP contribution >= 0.6 is 0 Å². The number of allylic oxidation sites excluding steroid dienone is 2. The van der Waals surface area contributed by atoms with E-state index in [9.17, 15) is 0 Å². The first-order valence-corrected chi connectivity index (χ1v) is 5.30. The largest absolute Gasteiger partial charge is 0.0851 e. The lowest BCUT2D eigenvalue weighted by Crippen LogP contribution is -2.15. The van der Waals surface area contributed by atoms with Crippen molar-refractivity contribution in [2.75, 3.05) is 0 Å². The van der Waals surface area contributed by atoms with Crippen molar-refractivity contribution in [3.63, 3.8) is 0 Å². The van der Waals surface area contributed by atoms with E-state index in [2.05, 4.69) is 33.8 Å². The molecule has 0 spiro atoms. The van der Waals surface area contributed by atoms with Crippen molar-refractivity contribution in [3.05, 3.63) is 11.6 Å². The lowest BCUT2D eigenvalue weighted by molar-refractivity contribution is 0.336. The zero-order valence-corrected chi connectivity index (χ0v) is 8.93. The summed E-state index contributed by atoms with van der Waals surface area (Å²) in [7, 11) is 0. The van der Waals surface area contributed by atoms with Crippen molar-refractivity contribution in [1.82, 2.24) is 0 Å². The van der Waals surface area contributed by atoms with Crippen LogP contribution in [0.5, 0.6) is 0 Å². The van der Waals surface area contributed by atoms with Crippen molar-refractivity contribution < 1.29 is 0 Å². The highest BCUT2D eigenvalue weighted by atomic mass is 14.2. The van der Waals surface area contributed by atoms with Gasteiger partial charge in [-0.25, -0.2) is 0 Å². The third-order valence-electron chi connectivity index (χ3n) is 3.13. The predicted octanol–water partition coefficient (Wildman–Crippen LogP) is 4.02. The summed E-state index contributed by atoms with van der Waals surface area (Å²) >= 11 is 0. The Labute approximate surface area is 77.1 Å². The van der Waals surface area contributed by atoms with Gasteiger partial charge >= 0.3 is 0 Å². The molecule has 0 bridgehead atoms. The summed E-state index contributed by atoms with van der Waals surface area (Å²) in [6, 6.07) is 0. The molecule has 0 amide bonds. The summed E-state index contributed by atoms with van der Waals surface area (Å²) < 4.78 is 0. The van der Waals surface area contributed by atoms with E-state index in [1.54, 1.807) is 5.57 Å². The maximum absolute atomic E-state index is 2.46. The van der Waals surface area contributed by atoms with Gasteiger partial charge in [-0.1, -0.05) is 39.3 Å². The van der Waals surface area contributed by atoms with Gasteiger partial charge in [-0.05, 0) is 37.0 Å². The van der Waals surface area contributed by atoms with E-state index >= 15 is 0 Å². The molecule has 1 aliphatic carbocycles. The summed E-state index contributed by atoms with van der Waals surface area (Å²) in [5, 5.41) is 0. The molecule has 12 heavy (non-hydrogen) atoms. The molecule has 0 aliphatic heterocycles. The van der Waals surface area contributed by atoms with Crippen LogP contribution in [0.1, 0.15) is 47.0 Å². The number of hydrogen-bond acceptors (Lipinski definition) is 0. The van der Waals surface area contributed by atoms with Gasteiger partial charge in [-0.2, -0.15) is 0 Å². The molecule has 0 saturated carbocycles. The van der Waals surface area contributed by atoms with E-state index in [-0.39, 0.29) is 0 Å². The van der Waals surface area contributed by atoms with Gasteiger partial charge in [-0.3, -0.25) is 0 Å². The second-order valence-electron chi connectivity index (χ2n) is 4.72. The average Bonchev–Trinajstić information content (AvgIpc) is 2.04. The minimum atomic E-state index is 0.770. The highest BCUT2D eigenvalue weighted by molar-refractivity contribution is 5.09. The average molecular weight is 166 g/mol. The highest BCUT2D eigenvalue weighted by Crippen LogP contribution is 2.32. The Morgan fingerprint density at radius 1 is 1.25 bits per heavy atom. The fraction of sp³-hybridized carbons (Fsp3) is 0.833. The van der Waals surface area contributed by atoms with Crippen molar-refractivity contribution in [3.8, 4) is 0 Å². The van der Waals surface area contributed by atoms with Gasteiger partial charge in [0.25, 0.3) is 0 Å². The Kier molecular flexibility index (Phi) is 3.37. The Morgan fingerprint density at radius 3 is 2.42 bits per heavy atom. The van der Waals surface area contributed by atoms with Crippen LogP contribution < -0.4 is 0 Å². The van der Waals surface area contributed by atoms with Gasteiger partial charge in [0.15, 0.2) is 0 Å². The number of hydrogen-bond donors (Lipinski definition) is 0. The fourth-order valence-electron chi connectivity index (χ4n) is 2.01. The van der Waals surface area contributed by atoms with Gasteiger partial charge in [0.1, 0.15) is 0 Å². The zero-order valence-electron chi connectivity index (χ0n) is 8.93. The monoisotopic (exact) mass is 166 g/mol. The molecule has 0 aromatic rings. The van der Waals surface area contributed by atoms with Crippen LogP contribution in [0.2, 0.25) is 0 Å². The van der Waals surface area contributed by atoms with Crippen LogP contribution in [0.4, 0.5) is 0 Å². The minimum absolute atomic E-state index is 0.770. The van der Waals surface area contributed by atoms with Gasteiger partial charge in [0.2, 0.25) is 0 Å². The summed E-state index contributed by atoms with van der Waals surface area (Å²) in [6.45, 7) is 9.34. The molecule has 0 N–H and O–H groups in total. The maximum Gasteiger partial charge on any atom is -0.0260 e. The van der Waals surface area contributed by atoms with Crippen molar-refractivity contribution in [2.45, 2.75) is 47.0 Å². The fourth-order valence-corrected chi connectivity index (χ4v) is 2.01. The van der Waals surface area contributed by atoms with Crippen LogP contribution in [-0.2, 0) is 0 Å². The second-order valence-corrected chi connectivity index (χ2v) is 4.72. The smallest absolute Gasteiger partial charge is 0.0260 e. The molecule has 70 valence electrons. The first-order valence-electron chi connectivity index (χ1n) is 5.30.